The van der Waals surface area contributed by atoms with E-state index in [2.05, 4.69) is 47.2 Å². The van der Waals surface area contributed by atoms with Gasteiger partial charge in [0, 0.05) is 0 Å². The van der Waals surface area contributed by atoms with Gasteiger partial charge < -0.3 is 4.74 Å². The minimum atomic E-state index is -0.769. The fourth-order valence-corrected chi connectivity index (χ4v) is 4.11. The molecule has 4 amide bonds. The molecule has 0 bridgehead atoms. The number of amides is 4. The van der Waals surface area contributed by atoms with E-state index < -0.39 is 17.8 Å². The SMILES string of the molecule is Cc1cccc(N2C(=O)NC(=O)/C(=C\c3ccc(OCc4ccc(C)c(C)c4)c(Br)c3)C2=O)c1. The van der Waals surface area contributed by atoms with Gasteiger partial charge >= 0.3 is 6.03 Å². The summed E-state index contributed by atoms with van der Waals surface area (Å²) >= 11 is 3.50. The Balaban J connectivity index is 1.55. The molecule has 0 unspecified atom stereocenters. The van der Waals surface area contributed by atoms with Crippen LogP contribution in [0, 0.1) is 20.8 Å². The third kappa shape index (κ3) is 4.94. The number of aryl methyl sites for hydroxylation is 3. The van der Waals surface area contributed by atoms with Crippen molar-refractivity contribution in [2.75, 3.05) is 4.90 Å². The zero-order valence-corrected chi connectivity index (χ0v) is 20.6. The number of urea groups is 1. The number of benzene rings is 3. The van der Waals surface area contributed by atoms with E-state index in [4.69, 9.17) is 4.74 Å². The first-order valence-corrected chi connectivity index (χ1v) is 11.5. The van der Waals surface area contributed by atoms with E-state index in [1.165, 1.54) is 17.2 Å². The third-order valence-corrected chi connectivity index (χ3v) is 6.21. The molecule has 34 heavy (non-hydrogen) atoms. The van der Waals surface area contributed by atoms with Crippen LogP contribution in [-0.2, 0) is 16.2 Å². The monoisotopic (exact) mass is 518 g/mol. The lowest BCUT2D eigenvalue weighted by molar-refractivity contribution is -0.122. The summed E-state index contributed by atoms with van der Waals surface area (Å²) in [5.41, 5.74) is 5.27. The molecular formula is C27H23BrN2O4. The third-order valence-electron chi connectivity index (χ3n) is 5.59. The molecule has 0 atom stereocenters. The molecule has 0 saturated carbocycles. The lowest BCUT2D eigenvalue weighted by Crippen LogP contribution is -2.54. The first kappa shape index (κ1) is 23.4. The minimum Gasteiger partial charge on any atom is -0.488 e. The largest absolute Gasteiger partial charge is 0.488 e. The van der Waals surface area contributed by atoms with Crippen LogP contribution in [0.2, 0.25) is 0 Å². The summed E-state index contributed by atoms with van der Waals surface area (Å²) in [6, 6.07) is 17.7. The smallest absolute Gasteiger partial charge is 0.335 e. The molecule has 3 aromatic carbocycles. The van der Waals surface area contributed by atoms with E-state index in [0.717, 1.165) is 16.0 Å². The van der Waals surface area contributed by atoms with Gasteiger partial charge in [0.15, 0.2) is 0 Å². The van der Waals surface area contributed by atoms with Gasteiger partial charge in [0.25, 0.3) is 11.8 Å². The topological polar surface area (TPSA) is 75.7 Å². The highest BCUT2D eigenvalue weighted by molar-refractivity contribution is 9.10. The van der Waals surface area contributed by atoms with Gasteiger partial charge in [-0.15, -0.1) is 0 Å². The molecule has 0 aliphatic carbocycles. The van der Waals surface area contributed by atoms with E-state index in [1.807, 2.05) is 19.1 Å². The number of nitrogens with zero attached hydrogens (tertiary/aromatic N) is 1. The first-order chi connectivity index (χ1) is 16.2. The van der Waals surface area contributed by atoms with Crippen molar-refractivity contribution < 1.29 is 19.1 Å². The number of barbiturate groups is 1. The minimum absolute atomic E-state index is 0.128. The molecule has 7 heteroatoms. The van der Waals surface area contributed by atoms with Crippen LogP contribution in [0.5, 0.6) is 5.75 Å². The van der Waals surface area contributed by atoms with Crippen LogP contribution in [0.1, 0.15) is 27.8 Å². The van der Waals surface area contributed by atoms with E-state index in [0.29, 0.717) is 28.1 Å². The summed E-state index contributed by atoms with van der Waals surface area (Å²) in [4.78, 5) is 38.8. The normalized spacial score (nSPS) is 15.0. The second-order valence-electron chi connectivity index (χ2n) is 8.19. The fourth-order valence-electron chi connectivity index (χ4n) is 3.60. The summed E-state index contributed by atoms with van der Waals surface area (Å²) in [6.45, 7) is 6.40. The molecule has 172 valence electrons. The Hall–Kier alpha value is -3.71. The summed E-state index contributed by atoms with van der Waals surface area (Å²) in [6.07, 6.45) is 1.46. The summed E-state index contributed by atoms with van der Waals surface area (Å²) in [5, 5.41) is 2.24. The number of carbonyl (C=O) groups excluding carboxylic acids is 3. The summed E-state index contributed by atoms with van der Waals surface area (Å²) < 4.78 is 6.62. The van der Waals surface area contributed by atoms with Crippen LogP contribution in [0.15, 0.2) is 70.7 Å². The maximum Gasteiger partial charge on any atom is 0.335 e. The van der Waals surface area contributed by atoms with Crippen LogP contribution in [-0.4, -0.2) is 17.8 Å². The standard InChI is InChI=1S/C27H23BrN2O4/c1-16-5-4-6-21(11-16)30-26(32)22(25(31)29-27(30)33)13-19-9-10-24(23(28)14-19)34-15-20-8-7-17(2)18(3)12-20/h4-14H,15H2,1-3H3,(H,29,31,33)/b22-13+. The van der Waals surface area contributed by atoms with Gasteiger partial charge in [0.05, 0.1) is 10.2 Å². The Morgan fingerprint density at radius 2 is 1.74 bits per heavy atom. The molecule has 1 aliphatic heterocycles. The Kier molecular flexibility index (Phi) is 6.65. The lowest BCUT2D eigenvalue weighted by atomic mass is 10.1. The van der Waals surface area contributed by atoms with Crippen LogP contribution in [0.3, 0.4) is 0 Å². The molecule has 1 heterocycles. The quantitative estimate of drug-likeness (QED) is 0.351. The summed E-state index contributed by atoms with van der Waals surface area (Å²) in [7, 11) is 0. The van der Waals surface area contributed by atoms with Crippen molar-refractivity contribution in [1.82, 2.24) is 5.32 Å². The van der Waals surface area contributed by atoms with Crippen molar-refractivity contribution in [2.45, 2.75) is 27.4 Å². The maximum atomic E-state index is 13.1. The van der Waals surface area contributed by atoms with Crippen LogP contribution in [0.4, 0.5) is 10.5 Å². The van der Waals surface area contributed by atoms with E-state index >= 15 is 0 Å². The van der Waals surface area contributed by atoms with Gasteiger partial charge in [-0.2, -0.15) is 0 Å². The average Bonchev–Trinajstić information content (AvgIpc) is 2.78. The first-order valence-electron chi connectivity index (χ1n) is 10.7. The van der Waals surface area contributed by atoms with Gasteiger partial charge in [0.1, 0.15) is 17.9 Å². The van der Waals surface area contributed by atoms with Crippen molar-refractivity contribution in [3.8, 4) is 5.75 Å². The van der Waals surface area contributed by atoms with Gasteiger partial charge in [-0.3, -0.25) is 14.9 Å². The fraction of sp³-hybridized carbons (Fsp3) is 0.148. The highest BCUT2D eigenvalue weighted by Crippen LogP contribution is 2.29. The number of carbonyl (C=O) groups is 3. The molecule has 1 fully saturated rings. The van der Waals surface area contributed by atoms with E-state index in [9.17, 15) is 14.4 Å². The van der Waals surface area contributed by atoms with E-state index in [-0.39, 0.29) is 5.57 Å². The van der Waals surface area contributed by atoms with Crippen molar-refractivity contribution in [1.29, 1.82) is 0 Å². The summed E-state index contributed by atoms with van der Waals surface area (Å²) in [5.74, 6) is -0.771. The van der Waals surface area contributed by atoms with Crippen molar-refractivity contribution >= 4 is 45.5 Å². The van der Waals surface area contributed by atoms with Gasteiger partial charge in [0.2, 0.25) is 0 Å². The van der Waals surface area contributed by atoms with Crippen molar-refractivity contribution in [3.05, 3.63) is 98.5 Å². The maximum absolute atomic E-state index is 13.1. The Morgan fingerprint density at radius 3 is 2.44 bits per heavy atom. The van der Waals surface area contributed by atoms with Gasteiger partial charge in [-0.05, 0) is 94.9 Å². The zero-order valence-electron chi connectivity index (χ0n) is 19.0. The Morgan fingerprint density at radius 1 is 0.941 bits per heavy atom. The Labute approximate surface area is 206 Å². The molecular weight excluding hydrogens is 496 g/mol. The number of ether oxygens (including phenoxy) is 1. The Bertz CT molecular complexity index is 1350. The second-order valence-corrected chi connectivity index (χ2v) is 9.05. The molecule has 0 radical (unpaired) electrons. The molecule has 3 aromatic rings. The predicted molar refractivity (Wildman–Crippen MR) is 135 cm³/mol. The number of imide groups is 2. The number of halogens is 1. The molecule has 0 aromatic heterocycles. The number of rotatable bonds is 5. The zero-order chi connectivity index (χ0) is 24.4. The van der Waals surface area contributed by atoms with Crippen LogP contribution < -0.4 is 15.0 Å². The average molecular weight is 519 g/mol. The molecule has 0 spiro atoms. The second kappa shape index (κ2) is 9.65. The predicted octanol–water partition coefficient (Wildman–Crippen LogP) is 5.62. The number of nitrogens with one attached hydrogen (secondary N) is 1. The number of anilines is 1. The van der Waals surface area contributed by atoms with Gasteiger partial charge in [-0.25, -0.2) is 9.69 Å². The molecule has 1 saturated heterocycles. The van der Waals surface area contributed by atoms with Gasteiger partial charge in [-0.1, -0.05) is 36.4 Å². The number of hydrogen-bond donors (Lipinski definition) is 1. The van der Waals surface area contributed by atoms with Crippen molar-refractivity contribution in [2.24, 2.45) is 0 Å². The molecule has 1 N–H and O–H groups in total. The highest BCUT2D eigenvalue weighted by Gasteiger charge is 2.36. The molecule has 1 aliphatic rings. The lowest BCUT2D eigenvalue weighted by Gasteiger charge is -2.26. The molecule has 6 nitrogen and oxygen atoms in total. The number of hydrogen-bond acceptors (Lipinski definition) is 4. The van der Waals surface area contributed by atoms with E-state index in [1.54, 1.807) is 36.4 Å². The van der Waals surface area contributed by atoms with Crippen LogP contribution >= 0.6 is 15.9 Å². The molecule has 4 rings (SSSR count). The van der Waals surface area contributed by atoms with Crippen LogP contribution in [0.25, 0.3) is 6.08 Å². The van der Waals surface area contributed by atoms with Crippen molar-refractivity contribution in [3.63, 3.8) is 0 Å². The highest BCUT2D eigenvalue weighted by atomic mass is 79.9.